The number of hydrogen-bond donors (Lipinski definition) is 2. The van der Waals surface area contributed by atoms with Crippen LogP contribution in [0.5, 0.6) is 0 Å². The number of ether oxygens (including phenoxy) is 1. The van der Waals surface area contributed by atoms with Gasteiger partial charge in [0.25, 0.3) is 0 Å². The first-order valence-electron chi connectivity index (χ1n) is 9.44. The van der Waals surface area contributed by atoms with Gasteiger partial charge in [0.15, 0.2) is 0 Å². The number of methoxy groups -OCH3 is 1. The Morgan fingerprint density at radius 1 is 1.27 bits per heavy atom. The number of hydrogen-bond acceptors (Lipinski definition) is 3. The second-order valence-electron chi connectivity index (χ2n) is 7.44. The molecule has 1 heterocycles. The number of carbonyl (C=O) groups excluding carboxylic acids is 2. The van der Waals surface area contributed by atoms with E-state index in [1.807, 2.05) is 35.2 Å². The minimum atomic E-state index is -0.148. The van der Waals surface area contributed by atoms with Crippen molar-refractivity contribution in [2.24, 2.45) is 17.8 Å². The van der Waals surface area contributed by atoms with Crippen LogP contribution in [0, 0.1) is 17.8 Å². The van der Waals surface area contributed by atoms with Crippen LogP contribution >= 0.6 is 0 Å². The number of carbonyl (C=O) groups is 2. The van der Waals surface area contributed by atoms with Crippen LogP contribution in [0.25, 0.3) is 0 Å². The van der Waals surface area contributed by atoms with Crippen LogP contribution in [0.3, 0.4) is 0 Å². The van der Waals surface area contributed by atoms with E-state index in [9.17, 15) is 9.59 Å². The summed E-state index contributed by atoms with van der Waals surface area (Å²) in [6.45, 7) is 4.61. The zero-order chi connectivity index (χ0) is 18.5. The molecule has 1 aromatic rings. The van der Waals surface area contributed by atoms with Gasteiger partial charge in [-0.25, -0.2) is 4.79 Å². The number of nitrogens with one attached hydrogen (secondary N) is 2. The summed E-state index contributed by atoms with van der Waals surface area (Å²) < 4.78 is 5.14. The predicted molar refractivity (Wildman–Crippen MR) is 99.4 cm³/mol. The third-order valence-corrected chi connectivity index (χ3v) is 5.85. The van der Waals surface area contributed by atoms with E-state index in [1.54, 1.807) is 7.11 Å². The van der Waals surface area contributed by atoms with E-state index in [0.717, 1.165) is 12.0 Å². The van der Waals surface area contributed by atoms with Crippen molar-refractivity contribution in [3.63, 3.8) is 0 Å². The van der Waals surface area contributed by atoms with Gasteiger partial charge in [-0.1, -0.05) is 37.3 Å². The van der Waals surface area contributed by atoms with Crippen LogP contribution in [0.2, 0.25) is 0 Å². The van der Waals surface area contributed by atoms with E-state index in [4.69, 9.17) is 4.74 Å². The normalized spacial score (nSPS) is 27.5. The summed E-state index contributed by atoms with van der Waals surface area (Å²) >= 11 is 0. The number of urea groups is 1. The molecule has 1 aliphatic carbocycles. The van der Waals surface area contributed by atoms with E-state index in [-0.39, 0.29) is 11.9 Å². The molecule has 2 aliphatic rings. The fourth-order valence-corrected chi connectivity index (χ4v) is 4.47. The molecule has 2 fully saturated rings. The molecule has 142 valence electrons. The molecule has 6 nitrogen and oxygen atoms in total. The van der Waals surface area contributed by atoms with Crippen molar-refractivity contribution in [1.82, 2.24) is 15.5 Å². The number of nitrogens with zero attached hydrogens (tertiary/aromatic N) is 1. The highest BCUT2D eigenvalue weighted by Crippen LogP contribution is 2.45. The molecule has 4 atom stereocenters. The lowest BCUT2D eigenvalue weighted by molar-refractivity contribution is -0.129. The van der Waals surface area contributed by atoms with Crippen LogP contribution in [0.15, 0.2) is 30.3 Å². The molecule has 2 N–H and O–H groups in total. The minimum Gasteiger partial charge on any atom is -0.383 e. The lowest BCUT2D eigenvalue weighted by Gasteiger charge is -2.24. The SMILES string of the molecule is COCCN1C(=O)C[C@H]2[C@H](CNC(=O)NCc3ccccc3)[C@@H](C)C[C@H]21. The molecule has 0 bridgehead atoms. The fraction of sp³-hybridized carbons (Fsp3) is 0.600. The molecular weight excluding hydrogens is 330 g/mol. The summed E-state index contributed by atoms with van der Waals surface area (Å²) in [6, 6.07) is 10.0. The van der Waals surface area contributed by atoms with Gasteiger partial charge in [-0.2, -0.15) is 0 Å². The van der Waals surface area contributed by atoms with Gasteiger partial charge in [0, 0.05) is 39.2 Å². The van der Waals surface area contributed by atoms with Crippen molar-refractivity contribution >= 4 is 11.9 Å². The Bertz CT molecular complexity index is 622. The van der Waals surface area contributed by atoms with Crippen LogP contribution in [-0.4, -0.2) is 49.7 Å². The van der Waals surface area contributed by atoms with E-state index in [1.165, 1.54) is 0 Å². The van der Waals surface area contributed by atoms with Crippen molar-refractivity contribution < 1.29 is 14.3 Å². The molecular formula is C20H29N3O3. The van der Waals surface area contributed by atoms with Gasteiger partial charge in [-0.05, 0) is 29.7 Å². The number of amides is 3. The van der Waals surface area contributed by atoms with Gasteiger partial charge in [-0.15, -0.1) is 0 Å². The third-order valence-electron chi connectivity index (χ3n) is 5.85. The van der Waals surface area contributed by atoms with Crippen molar-refractivity contribution in [3.05, 3.63) is 35.9 Å². The average Bonchev–Trinajstić information content (AvgIpc) is 3.10. The summed E-state index contributed by atoms with van der Waals surface area (Å²) in [7, 11) is 1.66. The standard InChI is InChI=1S/C20H29N3O3/c1-14-10-18-16(11-19(24)23(18)8-9-26-2)17(14)13-22-20(25)21-12-15-6-4-3-5-7-15/h3-7,14,16-18H,8-13H2,1-2H3,(H2,21,22,25)/t14-,16-,17+,18+/m0/s1. The van der Waals surface area contributed by atoms with Gasteiger partial charge in [-0.3, -0.25) is 4.79 Å². The number of rotatable bonds is 7. The average molecular weight is 359 g/mol. The Balaban J connectivity index is 1.49. The summed E-state index contributed by atoms with van der Waals surface area (Å²) in [5.41, 5.74) is 1.08. The zero-order valence-corrected chi connectivity index (χ0v) is 15.6. The van der Waals surface area contributed by atoms with Crippen molar-refractivity contribution in [1.29, 1.82) is 0 Å². The van der Waals surface area contributed by atoms with Crippen LogP contribution < -0.4 is 10.6 Å². The van der Waals surface area contributed by atoms with Crippen molar-refractivity contribution in [2.75, 3.05) is 26.8 Å². The lowest BCUT2D eigenvalue weighted by atomic mass is 9.88. The molecule has 1 saturated heterocycles. The zero-order valence-electron chi connectivity index (χ0n) is 15.6. The Morgan fingerprint density at radius 3 is 2.77 bits per heavy atom. The van der Waals surface area contributed by atoms with E-state index in [0.29, 0.717) is 56.5 Å². The molecule has 0 aromatic heterocycles. The third kappa shape index (κ3) is 4.18. The molecule has 26 heavy (non-hydrogen) atoms. The molecule has 0 radical (unpaired) electrons. The highest BCUT2D eigenvalue weighted by molar-refractivity contribution is 5.79. The molecule has 1 aliphatic heterocycles. The number of likely N-dealkylation sites (tertiary alicyclic amines) is 1. The highest BCUT2D eigenvalue weighted by Gasteiger charge is 2.50. The second-order valence-corrected chi connectivity index (χ2v) is 7.44. The molecule has 1 aromatic carbocycles. The Kier molecular flexibility index (Phi) is 6.14. The largest absolute Gasteiger partial charge is 0.383 e. The van der Waals surface area contributed by atoms with E-state index in [2.05, 4.69) is 17.6 Å². The van der Waals surface area contributed by atoms with Gasteiger partial charge >= 0.3 is 6.03 Å². The summed E-state index contributed by atoms with van der Waals surface area (Å²) in [5, 5.41) is 5.91. The maximum atomic E-state index is 12.3. The second kappa shape index (κ2) is 8.54. The molecule has 1 saturated carbocycles. The van der Waals surface area contributed by atoms with Crippen LogP contribution in [0.4, 0.5) is 4.79 Å². The van der Waals surface area contributed by atoms with Gasteiger partial charge in [0.1, 0.15) is 0 Å². The van der Waals surface area contributed by atoms with Crippen LogP contribution in [0.1, 0.15) is 25.3 Å². The molecule has 6 heteroatoms. The smallest absolute Gasteiger partial charge is 0.315 e. The summed E-state index contributed by atoms with van der Waals surface area (Å²) in [5.74, 6) is 1.41. The topological polar surface area (TPSA) is 70.7 Å². The number of fused-ring (bicyclic) bond motifs is 1. The van der Waals surface area contributed by atoms with Crippen molar-refractivity contribution in [3.8, 4) is 0 Å². The molecule has 3 amide bonds. The maximum Gasteiger partial charge on any atom is 0.315 e. The Hall–Kier alpha value is -2.08. The van der Waals surface area contributed by atoms with Gasteiger partial charge in [0.05, 0.1) is 6.61 Å². The first-order valence-corrected chi connectivity index (χ1v) is 9.44. The monoisotopic (exact) mass is 359 g/mol. The summed E-state index contributed by atoms with van der Waals surface area (Å²) in [6.07, 6.45) is 1.61. The maximum absolute atomic E-state index is 12.3. The number of benzene rings is 1. The summed E-state index contributed by atoms with van der Waals surface area (Å²) in [4.78, 5) is 26.4. The first kappa shape index (κ1) is 18.7. The highest BCUT2D eigenvalue weighted by atomic mass is 16.5. The molecule has 3 rings (SSSR count). The Morgan fingerprint density at radius 2 is 2.04 bits per heavy atom. The Labute approximate surface area is 155 Å². The van der Waals surface area contributed by atoms with Gasteiger partial charge in [0.2, 0.25) is 5.91 Å². The fourth-order valence-electron chi connectivity index (χ4n) is 4.47. The quantitative estimate of drug-likeness (QED) is 0.782. The van der Waals surface area contributed by atoms with E-state index >= 15 is 0 Å². The van der Waals surface area contributed by atoms with E-state index < -0.39 is 0 Å². The molecule has 0 unspecified atom stereocenters. The molecule has 0 spiro atoms. The minimum absolute atomic E-state index is 0.148. The first-order chi connectivity index (χ1) is 12.6. The van der Waals surface area contributed by atoms with Crippen molar-refractivity contribution in [2.45, 2.75) is 32.4 Å². The predicted octanol–water partition coefficient (Wildman–Crippen LogP) is 2.01. The van der Waals surface area contributed by atoms with Gasteiger partial charge < -0.3 is 20.3 Å². The lowest BCUT2D eigenvalue weighted by Crippen LogP contribution is -2.40. The van der Waals surface area contributed by atoms with Crippen LogP contribution in [-0.2, 0) is 16.1 Å².